The number of hydrogen-bond donors (Lipinski definition) is 2. The molecule has 6 heteroatoms. The number of hydrogen-bond acceptors (Lipinski definition) is 3. The molecule has 1 aliphatic heterocycles. The highest BCUT2D eigenvalue weighted by atomic mass is 16.4. The number of aliphatic carboxylic acids is 1. The number of aromatic nitrogens is 1. The second-order valence-corrected chi connectivity index (χ2v) is 3.64. The van der Waals surface area contributed by atoms with E-state index in [1.165, 1.54) is 6.20 Å². The van der Waals surface area contributed by atoms with E-state index in [1.54, 1.807) is 19.1 Å². The van der Waals surface area contributed by atoms with Gasteiger partial charge in [0.1, 0.15) is 11.9 Å². The molecule has 2 atom stereocenters. The molecule has 1 aromatic rings. The molecule has 6 nitrogen and oxygen atoms in total. The first-order chi connectivity index (χ1) is 7.54. The van der Waals surface area contributed by atoms with Crippen LogP contribution in [-0.4, -0.2) is 33.3 Å². The summed E-state index contributed by atoms with van der Waals surface area (Å²) >= 11 is 0. The molecule has 1 aliphatic rings. The molecular formula is C10H10N2O4. The highest BCUT2D eigenvalue weighted by Gasteiger charge is 2.44. The molecule has 0 spiro atoms. The van der Waals surface area contributed by atoms with Crippen molar-refractivity contribution in [3.63, 3.8) is 0 Å². The van der Waals surface area contributed by atoms with Gasteiger partial charge in [0, 0.05) is 17.7 Å². The fourth-order valence-electron chi connectivity index (χ4n) is 2.03. The van der Waals surface area contributed by atoms with E-state index in [0.717, 1.165) is 4.90 Å². The van der Waals surface area contributed by atoms with Crippen molar-refractivity contribution in [1.82, 2.24) is 4.98 Å². The Morgan fingerprint density at radius 3 is 2.69 bits per heavy atom. The van der Waals surface area contributed by atoms with E-state index < -0.39 is 24.0 Å². The molecule has 0 bridgehead atoms. The second kappa shape index (κ2) is 3.48. The fourth-order valence-corrected chi connectivity index (χ4v) is 2.03. The summed E-state index contributed by atoms with van der Waals surface area (Å²) in [7, 11) is 0. The number of rotatable bonds is 1. The van der Waals surface area contributed by atoms with E-state index >= 15 is 0 Å². The van der Waals surface area contributed by atoms with Crippen LogP contribution in [0.3, 0.4) is 0 Å². The number of carboxylic acid groups (broad SMARTS) is 2. The monoisotopic (exact) mass is 222 g/mol. The van der Waals surface area contributed by atoms with Crippen LogP contribution in [0.2, 0.25) is 0 Å². The molecule has 16 heavy (non-hydrogen) atoms. The van der Waals surface area contributed by atoms with Gasteiger partial charge in [-0.15, -0.1) is 0 Å². The summed E-state index contributed by atoms with van der Waals surface area (Å²) < 4.78 is 0. The van der Waals surface area contributed by atoms with Gasteiger partial charge in [0.2, 0.25) is 0 Å². The summed E-state index contributed by atoms with van der Waals surface area (Å²) in [4.78, 5) is 26.8. The van der Waals surface area contributed by atoms with Crippen LogP contribution in [0.15, 0.2) is 18.3 Å². The molecule has 2 rings (SSSR count). The van der Waals surface area contributed by atoms with E-state index in [1.807, 2.05) is 0 Å². The number of nitrogens with zero attached hydrogens (tertiary/aromatic N) is 2. The van der Waals surface area contributed by atoms with Crippen molar-refractivity contribution in [3.05, 3.63) is 23.9 Å². The minimum atomic E-state index is -1.29. The van der Waals surface area contributed by atoms with Crippen LogP contribution in [0.25, 0.3) is 0 Å². The van der Waals surface area contributed by atoms with E-state index in [4.69, 9.17) is 10.2 Å². The Kier molecular flexibility index (Phi) is 2.26. The summed E-state index contributed by atoms with van der Waals surface area (Å²) in [5, 5.41) is 18.1. The van der Waals surface area contributed by atoms with Gasteiger partial charge in [0.25, 0.3) is 0 Å². The highest BCUT2D eigenvalue weighted by molar-refractivity contribution is 5.97. The van der Waals surface area contributed by atoms with Crippen LogP contribution in [0.4, 0.5) is 10.6 Å². The smallest absolute Gasteiger partial charge is 0.413 e. The third-order valence-electron chi connectivity index (χ3n) is 2.75. The predicted octanol–water partition coefficient (Wildman–Crippen LogP) is 1.14. The van der Waals surface area contributed by atoms with Crippen molar-refractivity contribution >= 4 is 17.9 Å². The van der Waals surface area contributed by atoms with Crippen molar-refractivity contribution in [2.45, 2.75) is 18.9 Å². The summed E-state index contributed by atoms with van der Waals surface area (Å²) in [6.07, 6.45) is 0.155. The standard InChI is InChI=1S/C10H10N2O4/c1-5-6-3-2-4-11-8(6)12(10(15)16)7(5)9(13)14/h2-5,7H,1H3,(H,13,14)(H,15,16). The number of fused-ring (bicyclic) bond motifs is 1. The van der Waals surface area contributed by atoms with Gasteiger partial charge >= 0.3 is 12.1 Å². The lowest BCUT2D eigenvalue weighted by Crippen LogP contribution is -2.43. The Bertz CT molecular complexity index is 460. The van der Waals surface area contributed by atoms with Gasteiger partial charge < -0.3 is 10.2 Å². The third kappa shape index (κ3) is 1.30. The molecule has 2 heterocycles. The minimum absolute atomic E-state index is 0.218. The summed E-state index contributed by atoms with van der Waals surface area (Å²) in [5.74, 6) is -1.33. The zero-order chi connectivity index (χ0) is 11.9. The summed E-state index contributed by atoms with van der Waals surface area (Å²) in [6, 6.07) is 2.27. The van der Waals surface area contributed by atoms with Gasteiger partial charge in [0.05, 0.1) is 0 Å². The first kappa shape index (κ1) is 10.4. The Balaban J connectivity index is 2.56. The normalized spacial score (nSPS) is 22.9. The van der Waals surface area contributed by atoms with Crippen LogP contribution in [-0.2, 0) is 4.79 Å². The number of anilines is 1. The lowest BCUT2D eigenvalue weighted by Gasteiger charge is -2.19. The Morgan fingerprint density at radius 2 is 2.12 bits per heavy atom. The molecule has 2 unspecified atom stereocenters. The SMILES string of the molecule is CC1c2cccnc2N(C(=O)O)C1C(=O)O. The molecule has 0 aromatic carbocycles. The number of amides is 1. The van der Waals surface area contributed by atoms with Crippen molar-refractivity contribution in [1.29, 1.82) is 0 Å². The molecule has 84 valence electrons. The first-order valence-corrected chi connectivity index (χ1v) is 4.74. The zero-order valence-electron chi connectivity index (χ0n) is 8.49. The van der Waals surface area contributed by atoms with Crippen LogP contribution < -0.4 is 4.90 Å². The average Bonchev–Trinajstić information content (AvgIpc) is 2.53. The molecule has 1 amide bonds. The van der Waals surface area contributed by atoms with Gasteiger partial charge in [-0.3, -0.25) is 0 Å². The molecule has 0 saturated heterocycles. The maximum Gasteiger partial charge on any atom is 0.413 e. The molecule has 0 radical (unpaired) electrons. The van der Waals surface area contributed by atoms with Crippen LogP contribution in [0.5, 0.6) is 0 Å². The van der Waals surface area contributed by atoms with Crippen LogP contribution in [0, 0.1) is 0 Å². The van der Waals surface area contributed by atoms with Crippen molar-refractivity contribution in [2.75, 3.05) is 4.90 Å². The molecular weight excluding hydrogens is 212 g/mol. The van der Waals surface area contributed by atoms with E-state index in [0.29, 0.717) is 5.56 Å². The zero-order valence-corrected chi connectivity index (χ0v) is 8.49. The number of carbonyl (C=O) groups is 2. The molecule has 0 aliphatic carbocycles. The lowest BCUT2D eigenvalue weighted by molar-refractivity contribution is -0.138. The van der Waals surface area contributed by atoms with Gasteiger partial charge in [-0.25, -0.2) is 19.5 Å². The molecule has 2 N–H and O–H groups in total. The van der Waals surface area contributed by atoms with E-state index in [2.05, 4.69) is 4.98 Å². The first-order valence-electron chi connectivity index (χ1n) is 4.74. The summed E-state index contributed by atoms with van der Waals surface area (Å²) in [5.41, 5.74) is 0.650. The van der Waals surface area contributed by atoms with Crippen LogP contribution >= 0.6 is 0 Å². The molecule has 0 saturated carbocycles. The minimum Gasteiger partial charge on any atom is -0.480 e. The maximum absolute atomic E-state index is 11.1. The molecule has 0 fully saturated rings. The topological polar surface area (TPSA) is 90.7 Å². The second-order valence-electron chi connectivity index (χ2n) is 3.64. The fraction of sp³-hybridized carbons (Fsp3) is 0.300. The Hall–Kier alpha value is -2.11. The summed E-state index contributed by atoms with van der Waals surface area (Å²) in [6.45, 7) is 1.68. The number of pyridine rings is 1. The maximum atomic E-state index is 11.1. The predicted molar refractivity (Wildman–Crippen MR) is 54.6 cm³/mol. The van der Waals surface area contributed by atoms with E-state index in [9.17, 15) is 9.59 Å². The quantitative estimate of drug-likeness (QED) is 0.743. The molecule has 1 aromatic heterocycles. The van der Waals surface area contributed by atoms with Crippen LogP contribution in [0.1, 0.15) is 18.4 Å². The Labute approximate surface area is 91.1 Å². The largest absolute Gasteiger partial charge is 0.480 e. The van der Waals surface area contributed by atoms with Crippen molar-refractivity contribution in [2.24, 2.45) is 0 Å². The Morgan fingerprint density at radius 1 is 1.44 bits per heavy atom. The van der Waals surface area contributed by atoms with Crippen molar-refractivity contribution < 1.29 is 19.8 Å². The highest BCUT2D eigenvalue weighted by Crippen LogP contribution is 2.39. The lowest BCUT2D eigenvalue weighted by atomic mass is 9.98. The van der Waals surface area contributed by atoms with Gasteiger partial charge in [-0.2, -0.15) is 0 Å². The van der Waals surface area contributed by atoms with Gasteiger partial charge in [-0.05, 0) is 6.07 Å². The average molecular weight is 222 g/mol. The van der Waals surface area contributed by atoms with Gasteiger partial charge in [0.15, 0.2) is 0 Å². The van der Waals surface area contributed by atoms with Gasteiger partial charge in [-0.1, -0.05) is 13.0 Å². The van der Waals surface area contributed by atoms with Crippen molar-refractivity contribution in [3.8, 4) is 0 Å². The van der Waals surface area contributed by atoms with E-state index in [-0.39, 0.29) is 5.82 Å². The number of carboxylic acids is 1. The third-order valence-corrected chi connectivity index (χ3v) is 2.75.